The number of benzene rings is 1. The van der Waals surface area contributed by atoms with E-state index in [1.165, 1.54) is 16.2 Å². The van der Waals surface area contributed by atoms with Crippen molar-refractivity contribution in [2.24, 2.45) is 0 Å². The summed E-state index contributed by atoms with van der Waals surface area (Å²) in [5.41, 5.74) is 2.06. The lowest BCUT2D eigenvalue weighted by atomic mass is 10.3. The Balaban J connectivity index is 1.65. The van der Waals surface area contributed by atoms with Gasteiger partial charge in [-0.1, -0.05) is 16.6 Å². The van der Waals surface area contributed by atoms with E-state index in [9.17, 15) is 0 Å². The molecule has 0 aliphatic heterocycles. The number of nitrogens with zero attached hydrogens (tertiary/aromatic N) is 3. The number of fused-ring (bicyclic) bond motifs is 1. The van der Waals surface area contributed by atoms with Gasteiger partial charge in [-0.25, -0.2) is 4.98 Å². The summed E-state index contributed by atoms with van der Waals surface area (Å²) in [5, 5.41) is 10.4. The van der Waals surface area contributed by atoms with Gasteiger partial charge in [0.25, 0.3) is 0 Å². The van der Waals surface area contributed by atoms with Gasteiger partial charge in [-0.15, -0.1) is 16.4 Å². The Bertz CT molecular complexity index is 570. The SMILES string of the molecule is c1ccc2sc(CNCc3csnn3)nc2c1. The molecule has 0 atom stereocenters. The van der Waals surface area contributed by atoms with Gasteiger partial charge in [0.15, 0.2) is 0 Å². The summed E-state index contributed by atoms with van der Waals surface area (Å²) < 4.78 is 5.06. The monoisotopic (exact) mass is 262 g/mol. The molecule has 0 spiro atoms. The molecule has 2 aromatic heterocycles. The topological polar surface area (TPSA) is 50.7 Å². The van der Waals surface area contributed by atoms with Crippen LogP contribution in [-0.4, -0.2) is 14.6 Å². The molecule has 1 N–H and O–H groups in total. The fraction of sp³-hybridized carbons (Fsp3) is 0.182. The third-order valence-electron chi connectivity index (χ3n) is 2.33. The molecule has 3 aromatic rings. The normalized spacial score (nSPS) is 11.1. The number of hydrogen-bond acceptors (Lipinski definition) is 6. The van der Waals surface area contributed by atoms with Crippen molar-refractivity contribution >= 4 is 33.1 Å². The van der Waals surface area contributed by atoms with Gasteiger partial charge < -0.3 is 5.32 Å². The van der Waals surface area contributed by atoms with Crippen molar-refractivity contribution in [2.75, 3.05) is 0 Å². The largest absolute Gasteiger partial charge is 0.305 e. The molecule has 86 valence electrons. The second-order valence-electron chi connectivity index (χ2n) is 3.58. The Morgan fingerprint density at radius 1 is 1.18 bits per heavy atom. The van der Waals surface area contributed by atoms with E-state index in [1.807, 2.05) is 23.6 Å². The summed E-state index contributed by atoms with van der Waals surface area (Å²) in [5.74, 6) is 0. The number of aromatic nitrogens is 3. The van der Waals surface area contributed by atoms with Crippen LogP contribution in [0.4, 0.5) is 0 Å². The molecule has 1 aromatic carbocycles. The van der Waals surface area contributed by atoms with Crippen LogP contribution >= 0.6 is 22.9 Å². The van der Waals surface area contributed by atoms with Gasteiger partial charge in [-0.3, -0.25) is 0 Å². The number of thiazole rings is 1. The molecule has 6 heteroatoms. The van der Waals surface area contributed by atoms with Crippen LogP contribution in [0.25, 0.3) is 10.2 Å². The Hall–Kier alpha value is -1.37. The highest BCUT2D eigenvalue weighted by Crippen LogP contribution is 2.21. The fourth-order valence-corrected chi connectivity index (χ4v) is 2.94. The summed E-state index contributed by atoms with van der Waals surface area (Å²) >= 11 is 3.10. The number of para-hydroxylation sites is 1. The zero-order chi connectivity index (χ0) is 11.5. The zero-order valence-electron chi connectivity index (χ0n) is 8.96. The minimum Gasteiger partial charge on any atom is -0.305 e. The summed E-state index contributed by atoms with van der Waals surface area (Å²) in [6, 6.07) is 8.19. The predicted octanol–water partition coefficient (Wildman–Crippen LogP) is 2.44. The van der Waals surface area contributed by atoms with E-state index in [1.54, 1.807) is 11.3 Å². The Kier molecular flexibility index (Phi) is 3.08. The van der Waals surface area contributed by atoms with Crippen LogP contribution in [0.1, 0.15) is 10.7 Å². The van der Waals surface area contributed by atoms with Crippen LogP contribution in [-0.2, 0) is 13.1 Å². The van der Waals surface area contributed by atoms with E-state index >= 15 is 0 Å². The standard InChI is InChI=1S/C11H10N4S2/c1-2-4-10-9(3-1)13-11(17-10)6-12-5-8-7-16-15-14-8/h1-4,7,12H,5-6H2. The predicted molar refractivity (Wildman–Crippen MR) is 70.1 cm³/mol. The molecule has 0 radical (unpaired) electrons. The minimum atomic E-state index is 0.742. The van der Waals surface area contributed by atoms with Gasteiger partial charge in [-0.2, -0.15) is 0 Å². The van der Waals surface area contributed by atoms with Gasteiger partial charge in [0.2, 0.25) is 0 Å². The molecule has 0 unspecified atom stereocenters. The Labute approximate surface area is 106 Å². The lowest BCUT2D eigenvalue weighted by Gasteiger charge is -1.97. The molecular formula is C11H10N4S2. The maximum absolute atomic E-state index is 4.55. The highest BCUT2D eigenvalue weighted by atomic mass is 32.1. The van der Waals surface area contributed by atoms with Crippen LogP contribution in [0, 0.1) is 0 Å². The van der Waals surface area contributed by atoms with Gasteiger partial charge in [0.1, 0.15) is 5.01 Å². The molecule has 0 saturated heterocycles. The third kappa shape index (κ3) is 2.49. The van der Waals surface area contributed by atoms with Crippen molar-refractivity contribution in [2.45, 2.75) is 13.1 Å². The summed E-state index contributed by atoms with van der Waals surface area (Å²) in [6.45, 7) is 1.52. The highest BCUT2D eigenvalue weighted by Gasteiger charge is 2.02. The van der Waals surface area contributed by atoms with E-state index in [0.29, 0.717) is 0 Å². The smallest absolute Gasteiger partial charge is 0.108 e. The molecule has 0 amide bonds. The lowest BCUT2D eigenvalue weighted by Crippen LogP contribution is -2.12. The minimum absolute atomic E-state index is 0.742. The zero-order valence-corrected chi connectivity index (χ0v) is 10.6. The molecule has 0 saturated carbocycles. The molecule has 0 aliphatic rings. The van der Waals surface area contributed by atoms with Crippen molar-refractivity contribution in [3.05, 3.63) is 40.3 Å². The van der Waals surface area contributed by atoms with Gasteiger partial charge in [0.05, 0.1) is 15.9 Å². The van der Waals surface area contributed by atoms with Crippen molar-refractivity contribution in [3.8, 4) is 0 Å². The molecule has 0 bridgehead atoms. The first-order valence-electron chi connectivity index (χ1n) is 5.23. The summed E-state index contributed by atoms with van der Waals surface area (Å²) in [6.07, 6.45) is 0. The lowest BCUT2D eigenvalue weighted by molar-refractivity contribution is 0.675. The average Bonchev–Trinajstić information content (AvgIpc) is 2.96. The van der Waals surface area contributed by atoms with E-state index in [4.69, 9.17) is 0 Å². The summed E-state index contributed by atoms with van der Waals surface area (Å²) in [7, 11) is 0. The second-order valence-corrected chi connectivity index (χ2v) is 5.30. The first-order chi connectivity index (χ1) is 8.42. The van der Waals surface area contributed by atoms with Crippen LogP contribution in [0.15, 0.2) is 29.6 Å². The Morgan fingerprint density at radius 3 is 2.94 bits per heavy atom. The number of hydrogen-bond donors (Lipinski definition) is 1. The molecule has 0 aliphatic carbocycles. The van der Waals surface area contributed by atoms with Crippen molar-refractivity contribution in [3.63, 3.8) is 0 Å². The maximum atomic E-state index is 4.55. The van der Waals surface area contributed by atoms with Crippen molar-refractivity contribution in [1.82, 2.24) is 19.9 Å². The molecule has 0 fully saturated rings. The van der Waals surface area contributed by atoms with Crippen LogP contribution in [0.3, 0.4) is 0 Å². The highest BCUT2D eigenvalue weighted by molar-refractivity contribution is 7.18. The van der Waals surface area contributed by atoms with Gasteiger partial charge in [0, 0.05) is 18.5 Å². The van der Waals surface area contributed by atoms with E-state index < -0.39 is 0 Å². The van der Waals surface area contributed by atoms with E-state index in [-0.39, 0.29) is 0 Å². The van der Waals surface area contributed by atoms with Crippen LogP contribution in [0.2, 0.25) is 0 Å². The molecule has 2 heterocycles. The van der Waals surface area contributed by atoms with E-state index in [0.717, 1.165) is 29.3 Å². The summed E-state index contributed by atoms with van der Waals surface area (Å²) in [4.78, 5) is 4.55. The average molecular weight is 262 g/mol. The van der Waals surface area contributed by atoms with E-state index in [2.05, 4.69) is 26.0 Å². The molecule has 3 rings (SSSR count). The Morgan fingerprint density at radius 2 is 2.12 bits per heavy atom. The quantitative estimate of drug-likeness (QED) is 0.784. The van der Waals surface area contributed by atoms with Crippen LogP contribution < -0.4 is 5.32 Å². The third-order valence-corrected chi connectivity index (χ3v) is 3.92. The van der Waals surface area contributed by atoms with Crippen molar-refractivity contribution < 1.29 is 0 Å². The van der Waals surface area contributed by atoms with Gasteiger partial charge in [-0.05, 0) is 23.7 Å². The molecule has 4 nitrogen and oxygen atoms in total. The van der Waals surface area contributed by atoms with Crippen LogP contribution in [0.5, 0.6) is 0 Å². The van der Waals surface area contributed by atoms with Gasteiger partial charge >= 0.3 is 0 Å². The van der Waals surface area contributed by atoms with Crippen molar-refractivity contribution in [1.29, 1.82) is 0 Å². The number of rotatable bonds is 4. The first kappa shape index (κ1) is 10.8. The fourth-order valence-electron chi connectivity index (χ4n) is 1.55. The maximum Gasteiger partial charge on any atom is 0.108 e. The molecule has 17 heavy (non-hydrogen) atoms. The number of nitrogens with one attached hydrogen (secondary N) is 1. The molecular weight excluding hydrogens is 252 g/mol. The first-order valence-corrected chi connectivity index (χ1v) is 6.88. The second kappa shape index (κ2) is 4.87.